The molecule has 0 fully saturated rings. The quantitative estimate of drug-likeness (QED) is 0.862. The molecule has 3 nitrogen and oxygen atoms in total. The first kappa shape index (κ1) is 14.2. The summed E-state index contributed by atoms with van der Waals surface area (Å²) in [5, 5.41) is 3.32. The smallest absolute Gasteiger partial charge is 0.261 e. The summed E-state index contributed by atoms with van der Waals surface area (Å²) >= 11 is 7.18. The van der Waals surface area contributed by atoms with Crippen molar-refractivity contribution >= 4 is 38.9 Å². The van der Waals surface area contributed by atoms with E-state index >= 15 is 0 Å². The van der Waals surface area contributed by atoms with E-state index in [0.717, 1.165) is 10.1 Å². The summed E-state index contributed by atoms with van der Waals surface area (Å²) in [6.45, 7) is 0.705. The number of ether oxygens (including phenoxy) is 1. The number of benzene rings is 1. The van der Waals surface area contributed by atoms with Gasteiger partial charge in [0.25, 0.3) is 5.91 Å². The molecule has 2 rings (SSSR count). The van der Waals surface area contributed by atoms with E-state index in [-0.39, 0.29) is 17.1 Å². The largest absolute Gasteiger partial charge is 0.383 e. The molecule has 102 valence electrons. The average Bonchev–Trinajstić information content (AvgIpc) is 2.79. The molecular formula is C13H13ClFNO2S. The summed E-state index contributed by atoms with van der Waals surface area (Å²) < 4.78 is 18.7. The van der Waals surface area contributed by atoms with Gasteiger partial charge in [-0.25, -0.2) is 4.39 Å². The SMILES string of the molecule is COCC(Cl)CNC(=O)c1cc2ccc(F)cc2s1. The normalized spacial score (nSPS) is 12.6. The van der Waals surface area contributed by atoms with Crippen LogP contribution in [-0.2, 0) is 4.74 Å². The molecule has 6 heteroatoms. The zero-order chi connectivity index (χ0) is 13.8. The first-order chi connectivity index (χ1) is 9.10. The Morgan fingerprint density at radius 1 is 1.53 bits per heavy atom. The van der Waals surface area contributed by atoms with Gasteiger partial charge in [-0.3, -0.25) is 4.79 Å². The molecule has 0 aliphatic rings. The van der Waals surface area contributed by atoms with Crippen LogP contribution in [-0.4, -0.2) is 31.5 Å². The van der Waals surface area contributed by atoms with Crippen molar-refractivity contribution in [2.75, 3.05) is 20.3 Å². The molecule has 0 saturated carbocycles. The number of nitrogens with one attached hydrogen (secondary N) is 1. The summed E-state index contributed by atoms with van der Waals surface area (Å²) in [5.41, 5.74) is 0. The lowest BCUT2D eigenvalue weighted by atomic mass is 10.2. The van der Waals surface area contributed by atoms with E-state index < -0.39 is 0 Å². The van der Waals surface area contributed by atoms with Crippen molar-refractivity contribution in [3.05, 3.63) is 35.0 Å². The van der Waals surface area contributed by atoms with E-state index in [1.807, 2.05) is 0 Å². The molecule has 1 unspecified atom stereocenters. The fraction of sp³-hybridized carbons (Fsp3) is 0.308. The molecule has 1 amide bonds. The van der Waals surface area contributed by atoms with Crippen LogP contribution >= 0.6 is 22.9 Å². The molecule has 1 aromatic carbocycles. The molecule has 1 atom stereocenters. The molecule has 1 heterocycles. The topological polar surface area (TPSA) is 38.3 Å². The van der Waals surface area contributed by atoms with Crippen molar-refractivity contribution in [3.63, 3.8) is 0 Å². The molecular weight excluding hydrogens is 289 g/mol. The number of carbonyl (C=O) groups excluding carboxylic acids is 1. The maximum absolute atomic E-state index is 13.1. The number of methoxy groups -OCH3 is 1. The van der Waals surface area contributed by atoms with Gasteiger partial charge in [-0.05, 0) is 23.6 Å². The third-order valence-corrected chi connectivity index (χ3v) is 3.91. The van der Waals surface area contributed by atoms with Crippen molar-refractivity contribution in [1.82, 2.24) is 5.32 Å². The minimum Gasteiger partial charge on any atom is -0.383 e. The molecule has 1 N–H and O–H groups in total. The number of fused-ring (bicyclic) bond motifs is 1. The summed E-state index contributed by atoms with van der Waals surface area (Å²) in [5.74, 6) is -0.509. The molecule has 2 aromatic rings. The predicted octanol–water partition coefficient (Wildman–Crippen LogP) is 3.02. The van der Waals surface area contributed by atoms with Gasteiger partial charge in [0, 0.05) is 18.4 Å². The lowest BCUT2D eigenvalue weighted by Crippen LogP contribution is -2.31. The Kier molecular flexibility index (Phi) is 4.74. The van der Waals surface area contributed by atoms with Crippen LogP contribution in [0.25, 0.3) is 10.1 Å². The molecule has 0 saturated heterocycles. The Balaban J connectivity index is 2.05. The number of hydrogen-bond donors (Lipinski definition) is 1. The van der Waals surface area contributed by atoms with Crippen LogP contribution in [0.5, 0.6) is 0 Å². The number of thiophene rings is 1. The van der Waals surface area contributed by atoms with Crippen molar-refractivity contribution < 1.29 is 13.9 Å². The van der Waals surface area contributed by atoms with Gasteiger partial charge < -0.3 is 10.1 Å². The van der Waals surface area contributed by atoms with E-state index in [0.29, 0.717) is 18.0 Å². The van der Waals surface area contributed by atoms with Crippen LogP contribution in [0, 0.1) is 5.82 Å². The zero-order valence-corrected chi connectivity index (χ0v) is 11.9. The van der Waals surface area contributed by atoms with E-state index in [2.05, 4.69) is 5.32 Å². The average molecular weight is 302 g/mol. The van der Waals surface area contributed by atoms with Gasteiger partial charge >= 0.3 is 0 Å². The molecule has 0 spiro atoms. The summed E-state index contributed by atoms with van der Waals surface area (Å²) in [6, 6.07) is 6.21. The number of alkyl halides is 1. The van der Waals surface area contributed by atoms with Crippen LogP contribution in [0.3, 0.4) is 0 Å². The lowest BCUT2D eigenvalue weighted by molar-refractivity contribution is 0.0953. The second-order valence-corrected chi connectivity index (χ2v) is 5.76. The maximum Gasteiger partial charge on any atom is 0.261 e. The summed E-state index contributed by atoms with van der Waals surface area (Å²) in [4.78, 5) is 12.5. The van der Waals surface area contributed by atoms with Gasteiger partial charge in [-0.1, -0.05) is 6.07 Å². The van der Waals surface area contributed by atoms with Crippen molar-refractivity contribution in [1.29, 1.82) is 0 Å². The highest BCUT2D eigenvalue weighted by Gasteiger charge is 2.12. The first-order valence-corrected chi connectivity index (χ1v) is 6.95. The minimum atomic E-state index is -0.303. The number of carbonyl (C=O) groups is 1. The predicted molar refractivity (Wildman–Crippen MR) is 75.6 cm³/mol. The first-order valence-electron chi connectivity index (χ1n) is 5.70. The van der Waals surface area contributed by atoms with E-state index in [4.69, 9.17) is 16.3 Å². The van der Waals surface area contributed by atoms with Gasteiger partial charge in [0.2, 0.25) is 0 Å². The second-order valence-electron chi connectivity index (χ2n) is 4.06. The molecule has 0 aliphatic carbocycles. The summed E-state index contributed by atoms with van der Waals surface area (Å²) in [7, 11) is 1.55. The number of amides is 1. The number of halogens is 2. The Labute approximate surface area is 119 Å². The van der Waals surface area contributed by atoms with Gasteiger partial charge in [-0.2, -0.15) is 0 Å². The zero-order valence-electron chi connectivity index (χ0n) is 10.3. The Hall–Kier alpha value is -1.17. The fourth-order valence-electron chi connectivity index (χ4n) is 1.65. The second kappa shape index (κ2) is 6.32. The third-order valence-electron chi connectivity index (χ3n) is 2.54. The van der Waals surface area contributed by atoms with Crippen molar-refractivity contribution in [3.8, 4) is 0 Å². The van der Waals surface area contributed by atoms with Gasteiger partial charge in [0.1, 0.15) is 5.82 Å². The molecule has 0 aliphatic heterocycles. The van der Waals surface area contributed by atoms with E-state index in [9.17, 15) is 9.18 Å². The van der Waals surface area contributed by atoms with Crippen LogP contribution in [0.1, 0.15) is 9.67 Å². The highest BCUT2D eigenvalue weighted by molar-refractivity contribution is 7.20. The third kappa shape index (κ3) is 3.65. The van der Waals surface area contributed by atoms with Gasteiger partial charge in [0.15, 0.2) is 0 Å². The van der Waals surface area contributed by atoms with Gasteiger partial charge in [-0.15, -0.1) is 22.9 Å². The summed E-state index contributed by atoms with van der Waals surface area (Å²) in [6.07, 6.45) is 0. The fourth-order valence-corrected chi connectivity index (χ4v) is 2.85. The Bertz CT molecular complexity index is 587. The van der Waals surface area contributed by atoms with Gasteiger partial charge in [0.05, 0.1) is 16.9 Å². The lowest BCUT2D eigenvalue weighted by Gasteiger charge is -2.08. The Morgan fingerprint density at radius 2 is 2.32 bits per heavy atom. The minimum absolute atomic E-state index is 0.205. The highest BCUT2D eigenvalue weighted by Crippen LogP contribution is 2.26. The Morgan fingerprint density at radius 3 is 3.05 bits per heavy atom. The van der Waals surface area contributed by atoms with Crippen LogP contribution < -0.4 is 5.32 Å². The number of rotatable bonds is 5. The highest BCUT2D eigenvalue weighted by atomic mass is 35.5. The standard InChI is InChI=1S/C13H13ClFNO2S/c1-18-7-9(14)6-16-13(17)12-4-8-2-3-10(15)5-11(8)19-12/h2-5,9H,6-7H2,1H3,(H,16,17). The number of hydrogen-bond acceptors (Lipinski definition) is 3. The van der Waals surface area contributed by atoms with E-state index in [1.54, 1.807) is 19.2 Å². The molecule has 19 heavy (non-hydrogen) atoms. The van der Waals surface area contributed by atoms with Crippen molar-refractivity contribution in [2.45, 2.75) is 5.38 Å². The van der Waals surface area contributed by atoms with Crippen LogP contribution in [0.2, 0.25) is 0 Å². The molecule has 0 radical (unpaired) electrons. The molecule has 1 aromatic heterocycles. The maximum atomic E-state index is 13.1. The van der Waals surface area contributed by atoms with E-state index in [1.165, 1.54) is 23.5 Å². The van der Waals surface area contributed by atoms with Crippen LogP contribution in [0.15, 0.2) is 24.3 Å². The molecule has 0 bridgehead atoms. The monoisotopic (exact) mass is 301 g/mol. The van der Waals surface area contributed by atoms with Crippen molar-refractivity contribution in [2.24, 2.45) is 0 Å². The van der Waals surface area contributed by atoms with Crippen LogP contribution in [0.4, 0.5) is 4.39 Å².